The maximum absolute atomic E-state index is 12.7. The summed E-state index contributed by atoms with van der Waals surface area (Å²) in [5.41, 5.74) is 1.72. The van der Waals surface area contributed by atoms with Crippen molar-refractivity contribution in [1.29, 1.82) is 0 Å². The summed E-state index contributed by atoms with van der Waals surface area (Å²) in [5.74, 6) is 0.926. The molecule has 2 rings (SSSR count). The molecule has 2 N–H and O–H groups in total. The van der Waals surface area contributed by atoms with Crippen LogP contribution in [0.2, 0.25) is 0 Å². The van der Waals surface area contributed by atoms with Crippen molar-refractivity contribution in [1.82, 2.24) is 10.6 Å². The van der Waals surface area contributed by atoms with E-state index < -0.39 is 5.41 Å². The van der Waals surface area contributed by atoms with E-state index in [0.717, 1.165) is 42.8 Å². The molecule has 1 saturated heterocycles. The highest BCUT2D eigenvalue weighted by Crippen LogP contribution is 2.29. The van der Waals surface area contributed by atoms with E-state index in [2.05, 4.69) is 10.6 Å². The predicted octanol–water partition coefficient (Wildman–Crippen LogP) is 1.64. The molecular formula is C17H26N2O3. The number of amides is 1. The molecule has 0 radical (unpaired) electrons. The molecule has 22 heavy (non-hydrogen) atoms. The summed E-state index contributed by atoms with van der Waals surface area (Å²) >= 11 is 0. The van der Waals surface area contributed by atoms with Crippen LogP contribution in [0.15, 0.2) is 18.2 Å². The zero-order valence-corrected chi connectivity index (χ0v) is 13.7. The first kappa shape index (κ1) is 16.8. The number of benzene rings is 1. The summed E-state index contributed by atoms with van der Waals surface area (Å²) < 4.78 is 10.6. The topological polar surface area (TPSA) is 59.6 Å². The van der Waals surface area contributed by atoms with E-state index in [-0.39, 0.29) is 5.91 Å². The van der Waals surface area contributed by atoms with E-state index in [0.29, 0.717) is 13.2 Å². The Kier molecular flexibility index (Phi) is 5.80. The fourth-order valence-corrected chi connectivity index (χ4v) is 2.96. The van der Waals surface area contributed by atoms with Crippen molar-refractivity contribution in [2.75, 3.05) is 33.9 Å². The molecule has 0 bridgehead atoms. The van der Waals surface area contributed by atoms with Crippen molar-refractivity contribution in [2.24, 2.45) is 5.41 Å². The molecule has 5 heteroatoms. The lowest BCUT2D eigenvalue weighted by molar-refractivity contribution is -0.136. The zero-order valence-electron chi connectivity index (χ0n) is 13.7. The largest absolute Gasteiger partial charge is 0.496 e. The summed E-state index contributed by atoms with van der Waals surface area (Å²) in [6.45, 7) is 4.69. The van der Waals surface area contributed by atoms with Gasteiger partial charge in [-0.25, -0.2) is 0 Å². The Labute approximate surface area is 132 Å². The summed E-state index contributed by atoms with van der Waals surface area (Å²) in [4.78, 5) is 12.7. The van der Waals surface area contributed by atoms with Gasteiger partial charge in [-0.05, 0) is 50.0 Å². The number of hydrogen-bond acceptors (Lipinski definition) is 4. The molecule has 0 aliphatic carbocycles. The molecule has 0 unspecified atom stereocenters. The number of carbonyl (C=O) groups is 1. The number of nitrogens with one attached hydrogen (secondary N) is 2. The van der Waals surface area contributed by atoms with Crippen LogP contribution < -0.4 is 15.4 Å². The quantitative estimate of drug-likeness (QED) is 0.839. The van der Waals surface area contributed by atoms with Crippen molar-refractivity contribution in [3.63, 3.8) is 0 Å². The number of piperidine rings is 1. The van der Waals surface area contributed by atoms with Gasteiger partial charge in [0.1, 0.15) is 5.75 Å². The molecule has 0 atom stereocenters. The summed E-state index contributed by atoms with van der Waals surface area (Å²) in [5, 5.41) is 6.36. The molecule has 1 aliphatic heterocycles. The van der Waals surface area contributed by atoms with Gasteiger partial charge in [-0.15, -0.1) is 0 Å². The van der Waals surface area contributed by atoms with Crippen LogP contribution in [-0.2, 0) is 16.1 Å². The van der Waals surface area contributed by atoms with Crippen LogP contribution >= 0.6 is 0 Å². The highest BCUT2D eigenvalue weighted by molar-refractivity contribution is 5.83. The SMILES string of the molecule is COCC1(C(=O)NCc2ccc(C)c(OC)c2)CCNCC1. The van der Waals surface area contributed by atoms with Crippen LogP contribution in [0.1, 0.15) is 24.0 Å². The first-order valence-corrected chi connectivity index (χ1v) is 7.73. The van der Waals surface area contributed by atoms with E-state index >= 15 is 0 Å². The second-order valence-corrected chi connectivity index (χ2v) is 5.95. The highest BCUT2D eigenvalue weighted by Gasteiger charge is 2.39. The number of aryl methyl sites for hydroxylation is 1. The average molecular weight is 306 g/mol. The molecule has 1 amide bonds. The van der Waals surface area contributed by atoms with Gasteiger partial charge < -0.3 is 20.1 Å². The molecule has 1 aliphatic rings. The van der Waals surface area contributed by atoms with Crippen LogP contribution in [0.25, 0.3) is 0 Å². The third kappa shape index (κ3) is 3.78. The first-order valence-electron chi connectivity index (χ1n) is 7.73. The maximum atomic E-state index is 12.7. The number of ether oxygens (including phenoxy) is 2. The number of carbonyl (C=O) groups excluding carboxylic acids is 1. The van der Waals surface area contributed by atoms with Crippen molar-refractivity contribution >= 4 is 5.91 Å². The third-order valence-electron chi connectivity index (χ3n) is 4.39. The van der Waals surface area contributed by atoms with Gasteiger partial charge in [0, 0.05) is 13.7 Å². The van der Waals surface area contributed by atoms with Crippen LogP contribution in [0.4, 0.5) is 0 Å². The molecule has 1 heterocycles. The van der Waals surface area contributed by atoms with Gasteiger partial charge in [0.2, 0.25) is 5.91 Å². The van der Waals surface area contributed by atoms with Crippen LogP contribution in [-0.4, -0.2) is 39.8 Å². The smallest absolute Gasteiger partial charge is 0.228 e. The highest BCUT2D eigenvalue weighted by atomic mass is 16.5. The van der Waals surface area contributed by atoms with Gasteiger partial charge in [-0.3, -0.25) is 4.79 Å². The molecule has 5 nitrogen and oxygen atoms in total. The van der Waals surface area contributed by atoms with E-state index in [1.807, 2.05) is 25.1 Å². The van der Waals surface area contributed by atoms with E-state index in [1.165, 1.54) is 0 Å². The molecule has 0 spiro atoms. The molecule has 0 aromatic heterocycles. The molecule has 1 aromatic carbocycles. The standard InChI is InChI=1S/C17H26N2O3/c1-13-4-5-14(10-15(13)22-3)11-19-16(20)17(12-21-2)6-8-18-9-7-17/h4-5,10,18H,6-9,11-12H2,1-3H3,(H,19,20). The normalized spacial score (nSPS) is 17.0. The van der Waals surface area contributed by atoms with Crippen molar-refractivity contribution < 1.29 is 14.3 Å². The van der Waals surface area contributed by atoms with E-state index in [1.54, 1.807) is 14.2 Å². The molecular weight excluding hydrogens is 280 g/mol. The Morgan fingerprint density at radius 3 is 2.68 bits per heavy atom. The average Bonchev–Trinajstić information content (AvgIpc) is 2.55. The Morgan fingerprint density at radius 2 is 2.05 bits per heavy atom. The monoisotopic (exact) mass is 306 g/mol. The summed E-state index contributed by atoms with van der Waals surface area (Å²) in [6.07, 6.45) is 1.62. The second kappa shape index (κ2) is 7.61. The van der Waals surface area contributed by atoms with Crippen LogP contribution in [0.5, 0.6) is 5.75 Å². The Morgan fingerprint density at radius 1 is 1.32 bits per heavy atom. The first-order chi connectivity index (χ1) is 10.6. The fraction of sp³-hybridized carbons (Fsp3) is 0.588. The second-order valence-electron chi connectivity index (χ2n) is 5.95. The molecule has 1 fully saturated rings. The lowest BCUT2D eigenvalue weighted by Crippen LogP contribution is -2.49. The number of hydrogen-bond donors (Lipinski definition) is 2. The minimum atomic E-state index is -0.408. The van der Waals surface area contributed by atoms with Gasteiger partial charge in [-0.1, -0.05) is 12.1 Å². The fourth-order valence-electron chi connectivity index (χ4n) is 2.96. The molecule has 1 aromatic rings. The Bertz CT molecular complexity index is 505. The number of rotatable bonds is 6. The van der Waals surface area contributed by atoms with Crippen molar-refractivity contribution in [2.45, 2.75) is 26.3 Å². The Hall–Kier alpha value is -1.59. The molecule has 0 saturated carbocycles. The molecule has 122 valence electrons. The van der Waals surface area contributed by atoms with Crippen molar-refractivity contribution in [3.05, 3.63) is 29.3 Å². The van der Waals surface area contributed by atoms with Crippen molar-refractivity contribution in [3.8, 4) is 5.75 Å². The maximum Gasteiger partial charge on any atom is 0.228 e. The van der Waals surface area contributed by atoms with Gasteiger partial charge in [0.15, 0.2) is 0 Å². The minimum Gasteiger partial charge on any atom is -0.496 e. The predicted molar refractivity (Wildman–Crippen MR) is 86.0 cm³/mol. The Balaban J connectivity index is 2.01. The van der Waals surface area contributed by atoms with Gasteiger partial charge in [-0.2, -0.15) is 0 Å². The van der Waals surface area contributed by atoms with E-state index in [4.69, 9.17) is 9.47 Å². The summed E-state index contributed by atoms with van der Waals surface area (Å²) in [7, 11) is 3.31. The number of methoxy groups -OCH3 is 2. The van der Waals surface area contributed by atoms with Gasteiger partial charge in [0.05, 0.1) is 19.1 Å². The van der Waals surface area contributed by atoms with Crippen LogP contribution in [0.3, 0.4) is 0 Å². The van der Waals surface area contributed by atoms with Gasteiger partial charge >= 0.3 is 0 Å². The van der Waals surface area contributed by atoms with Crippen LogP contribution in [0, 0.1) is 12.3 Å². The lowest BCUT2D eigenvalue weighted by Gasteiger charge is -2.35. The van der Waals surface area contributed by atoms with E-state index in [9.17, 15) is 4.79 Å². The third-order valence-corrected chi connectivity index (χ3v) is 4.39. The zero-order chi connectivity index (χ0) is 16.0. The summed E-state index contributed by atoms with van der Waals surface area (Å²) in [6, 6.07) is 6.00. The minimum absolute atomic E-state index is 0.0791. The lowest BCUT2D eigenvalue weighted by atomic mass is 9.78. The van der Waals surface area contributed by atoms with Gasteiger partial charge in [0.25, 0.3) is 0 Å².